The topological polar surface area (TPSA) is 77.1 Å². The van der Waals surface area contributed by atoms with Crippen molar-refractivity contribution in [3.8, 4) is 11.3 Å². The zero-order valence-electron chi connectivity index (χ0n) is 13.4. The van der Waals surface area contributed by atoms with Crippen LogP contribution in [0.5, 0.6) is 0 Å². The van der Waals surface area contributed by atoms with E-state index in [4.69, 9.17) is 11.6 Å². The van der Waals surface area contributed by atoms with E-state index in [1.54, 1.807) is 39.8 Å². The number of halogens is 1. The molecule has 0 spiro atoms. The standard InChI is InChI=1S/C16H13ClN6OS/c1-9-11(5-18-22(9)2)13-8-25-16(20-13)21-15(24)12-7-23-6-10(17)3-4-14(23)19-12/h3-8H,1-2H3,(H,20,21,24). The maximum absolute atomic E-state index is 12.4. The summed E-state index contributed by atoms with van der Waals surface area (Å²) in [5, 5.41) is 9.98. The van der Waals surface area contributed by atoms with E-state index in [0.29, 0.717) is 21.5 Å². The van der Waals surface area contributed by atoms with Gasteiger partial charge in [0.25, 0.3) is 5.91 Å². The SMILES string of the molecule is Cc1c(-c2csc(NC(=O)c3cn4cc(Cl)ccc4n3)n2)cnn1C. The molecule has 4 rings (SSSR count). The first-order chi connectivity index (χ1) is 12.0. The molecule has 1 N–H and O–H groups in total. The van der Waals surface area contributed by atoms with E-state index in [1.165, 1.54) is 11.3 Å². The molecule has 0 saturated heterocycles. The number of aryl methyl sites for hydroxylation is 1. The van der Waals surface area contributed by atoms with Crippen molar-refractivity contribution in [2.75, 3.05) is 5.32 Å². The highest BCUT2D eigenvalue weighted by molar-refractivity contribution is 7.14. The van der Waals surface area contributed by atoms with Crippen LogP contribution in [0.1, 0.15) is 16.2 Å². The zero-order chi connectivity index (χ0) is 17.6. The number of anilines is 1. The molecule has 0 unspecified atom stereocenters. The second-order valence-electron chi connectivity index (χ2n) is 5.50. The summed E-state index contributed by atoms with van der Waals surface area (Å²) in [4.78, 5) is 21.2. The third kappa shape index (κ3) is 2.90. The molecule has 9 heteroatoms. The smallest absolute Gasteiger partial charge is 0.277 e. The third-order valence-electron chi connectivity index (χ3n) is 3.88. The maximum Gasteiger partial charge on any atom is 0.277 e. The molecule has 126 valence electrons. The second kappa shape index (κ2) is 5.98. The fourth-order valence-electron chi connectivity index (χ4n) is 2.44. The second-order valence-corrected chi connectivity index (χ2v) is 6.79. The molecule has 0 aromatic carbocycles. The number of nitrogens with zero attached hydrogens (tertiary/aromatic N) is 5. The van der Waals surface area contributed by atoms with Crippen LogP contribution in [0, 0.1) is 6.92 Å². The van der Waals surface area contributed by atoms with Crippen molar-refractivity contribution in [2.45, 2.75) is 6.92 Å². The van der Waals surface area contributed by atoms with Crippen LogP contribution in [0.25, 0.3) is 16.9 Å². The minimum atomic E-state index is -0.316. The van der Waals surface area contributed by atoms with E-state index < -0.39 is 0 Å². The van der Waals surface area contributed by atoms with Gasteiger partial charge in [0.15, 0.2) is 5.13 Å². The summed E-state index contributed by atoms with van der Waals surface area (Å²) in [6, 6.07) is 3.49. The van der Waals surface area contributed by atoms with Crippen LogP contribution in [0.2, 0.25) is 5.02 Å². The number of aromatic nitrogens is 5. The average molecular weight is 373 g/mol. The molecule has 0 fully saturated rings. The molecular formula is C16H13ClN6OS. The van der Waals surface area contributed by atoms with Gasteiger partial charge in [-0.3, -0.25) is 14.8 Å². The minimum absolute atomic E-state index is 0.302. The van der Waals surface area contributed by atoms with Gasteiger partial charge in [0.05, 0.1) is 16.9 Å². The Labute approximate surface area is 151 Å². The molecule has 0 radical (unpaired) electrons. The normalized spacial score (nSPS) is 11.2. The Bertz CT molecular complexity index is 1100. The first-order valence-electron chi connectivity index (χ1n) is 7.41. The molecule has 0 bridgehead atoms. The number of imidazole rings is 1. The van der Waals surface area contributed by atoms with Gasteiger partial charge < -0.3 is 4.40 Å². The van der Waals surface area contributed by atoms with Crippen molar-refractivity contribution >= 4 is 39.6 Å². The van der Waals surface area contributed by atoms with Crippen molar-refractivity contribution in [3.63, 3.8) is 0 Å². The molecule has 4 aromatic rings. The van der Waals surface area contributed by atoms with Crippen LogP contribution in [-0.2, 0) is 7.05 Å². The number of pyridine rings is 1. The Balaban J connectivity index is 1.57. The lowest BCUT2D eigenvalue weighted by atomic mass is 10.2. The number of thiazole rings is 1. The summed E-state index contributed by atoms with van der Waals surface area (Å²) in [6.45, 7) is 1.97. The van der Waals surface area contributed by atoms with Gasteiger partial charge in [0, 0.05) is 36.1 Å². The predicted molar refractivity (Wildman–Crippen MR) is 97.2 cm³/mol. The summed E-state index contributed by atoms with van der Waals surface area (Å²) in [5.74, 6) is -0.316. The minimum Gasteiger partial charge on any atom is -0.305 e. The van der Waals surface area contributed by atoms with Crippen LogP contribution in [0.15, 0.2) is 36.1 Å². The molecule has 1 amide bonds. The highest BCUT2D eigenvalue weighted by atomic mass is 35.5. The molecule has 0 aliphatic heterocycles. The van der Waals surface area contributed by atoms with Crippen molar-refractivity contribution in [1.29, 1.82) is 0 Å². The lowest BCUT2D eigenvalue weighted by Crippen LogP contribution is -2.12. The van der Waals surface area contributed by atoms with Gasteiger partial charge in [-0.05, 0) is 19.1 Å². The Morgan fingerprint density at radius 3 is 2.88 bits per heavy atom. The third-order valence-corrected chi connectivity index (χ3v) is 4.86. The lowest BCUT2D eigenvalue weighted by molar-refractivity contribution is 0.102. The van der Waals surface area contributed by atoms with Crippen LogP contribution < -0.4 is 5.32 Å². The average Bonchev–Trinajstić information content (AvgIpc) is 3.27. The molecule has 4 heterocycles. The summed E-state index contributed by atoms with van der Waals surface area (Å²) < 4.78 is 3.50. The Kier molecular flexibility index (Phi) is 3.78. The number of amides is 1. The van der Waals surface area contributed by atoms with Crippen LogP contribution in [-0.4, -0.2) is 30.1 Å². The van der Waals surface area contributed by atoms with Gasteiger partial charge in [0.1, 0.15) is 11.3 Å². The number of carbonyl (C=O) groups is 1. The fourth-order valence-corrected chi connectivity index (χ4v) is 3.31. The number of rotatable bonds is 3. The predicted octanol–water partition coefficient (Wildman–Crippen LogP) is 3.41. The molecule has 0 aliphatic rings. The molecule has 25 heavy (non-hydrogen) atoms. The highest BCUT2D eigenvalue weighted by Gasteiger charge is 2.15. The molecule has 4 aromatic heterocycles. The summed E-state index contributed by atoms with van der Waals surface area (Å²) in [5.41, 5.74) is 3.70. The van der Waals surface area contributed by atoms with Gasteiger partial charge in [-0.25, -0.2) is 9.97 Å². The van der Waals surface area contributed by atoms with Gasteiger partial charge in [-0.15, -0.1) is 11.3 Å². The van der Waals surface area contributed by atoms with Gasteiger partial charge in [0.2, 0.25) is 0 Å². The summed E-state index contributed by atoms with van der Waals surface area (Å²) in [7, 11) is 1.88. The zero-order valence-corrected chi connectivity index (χ0v) is 15.0. The van der Waals surface area contributed by atoms with Crippen molar-refractivity contribution in [1.82, 2.24) is 24.1 Å². The monoisotopic (exact) mass is 372 g/mol. The van der Waals surface area contributed by atoms with Crippen LogP contribution in [0.4, 0.5) is 5.13 Å². The summed E-state index contributed by atoms with van der Waals surface area (Å²) in [6.07, 6.45) is 5.10. The highest BCUT2D eigenvalue weighted by Crippen LogP contribution is 2.27. The van der Waals surface area contributed by atoms with Crippen molar-refractivity contribution in [2.24, 2.45) is 7.05 Å². The molecule has 7 nitrogen and oxygen atoms in total. The number of hydrogen-bond acceptors (Lipinski definition) is 5. The Hall–Kier alpha value is -2.71. The number of carbonyl (C=O) groups excluding carboxylic acids is 1. The van der Waals surface area contributed by atoms with E-state index in [-0.39, 0.29) is 5.91 Å². The van der Waals surface area contributed by atoms with Crippen molar-refractivity contribution in [3.05, 3.63) is 52.5 Å². The number of nitrogens with one attached hydrogen (secondary N) is 1. The molecule has 0 atom stereocenters. The molecule has 0 saturated carbocycles. The quantitative estimate of drug-likeness (QED) is 0.598. The van der Waals surface area contributed by atoms with E-state index in [2.05, 4.69) is 20.4 Å². The van der Waals surface area contributed by atoms with Crippen molar-refractivity contribution < 1.29 is 4.79 Å². The van der Waals surface area contributed by atoms with E-state index in [0.717, 1.165) is 17.0 Å². The van der Waals surface area contributed by atoms with E-state index >= 15 is 0 Å². The van der Waals surface area contributed by atoms with E-state index in [9.17, 15) is 4.79 Å². The van der Waals surface area contributed by atoms with E-state index in [1.807, 2.05) is 19.4 Å². The lowest BCUT2D eigenvalue weighted by Gasteiger charge is -1.98. The van der Waals surface area contributed by atoms with Gasteiger partial charge >= 0.3 is 0 Å². The van der Waals surface area contributed by atoms with Crippen LogP contribution in [0.3, 0.4) is 0 Å². The maximum atomic E-state index is 12.4. The number of fused-ring (bicyclic) bond motifs is 1. The van der Waals surface area contributed by atoms with Gasteiger partial charge in [-0.2, -0.15) is 5.10 Å². The Morgan fingerprint density at radius 2 is 2.12 bits per heavy atom. The Morgan fingerprint density at radius 1 is 1.28 bits per heavy atom. The van der Waals surface area contributed by atoms with Crippen LogP contribution >= 0.6 is 22.9 Å². The first kappa shape index (κ1) is 15.8. The number of hydrogen-bond donors (Lipinski definition) is 1. The molecule has 0 aliphatic carbocycles. The summed E-state index contributed by atoms with van der Waals surface area (Å²) >= 11 is 7.31. The first-order valence-corrected chi connectivity index (χ1v) is 8.67. The van der Waals surface area contributed by atoms with Gasteiger partial charge in [-0.1, -0.05) is 11.6 Å². The largest absolute Gasteiger partial charge is 0.305 e. The molecular weight excluding hydrogens is 360 g/mol. The fraction of sp³-hybridized carbons (Fsp3) is 0.125.